The number of hydrogen-bond acceptors (Lipinski definition) is 5. The molecule has 6 nitrogen and oxygen atoms in total. The van der Waals surface area contributed by atoms with E-state index < -0.39 is 28.4 Å². The fourth-order valence-corrected chi connectivity index (χ4v) is 8.53. The first-order valence-corrected chi connectivity index (χ1v) is 12.2. The van der Waals surface area contributed by atoms with Crippen LogP contribution >= 0.6 is 0 Å². The Bertz CT molecular complexity index is 882. The van der Waals surface area contributed by atoms with E-state index in [1.54, 1.807) is 6.08 Å². The molecule has 4 unspecified atom stereocenters. The summed E-state index contributed by atoms with van der Waals surface area (Å²) in [4.78, 5) is 36.5. The number of ketones is 1. The van der Waals surface area contributed by atoms with Crippen molar-refractivity contribution in [2.45, 2.75) is 91.1 Å². The van der Waals surface area contributed by atoms with Gasteiger partial charge in [0.15, 0.2) is 5.78 Å². The van der Waals surface area contributed by atoms with Gasteiger partial charge in [0.2, 0.25) is 0 Å². The van der Waals surface area contributed by atoms with E-state index in [1.165, 1.54) is 0 Å². The predicted molar refractivity (Wildman–Crippen MR) is 116 cm³/mol. The Morgan fingerprint density at radius 2 is 1.79 bits per heavy atom. The van der Waals surface area contributed by atoms with Crippen LogP contribution < -0.4 is 56.5 Å². The first-order chi connectivity index (χ1) is 14.8. The minimum atomic E-state index is -1.10. The number of fused-ring (bicyclic) bond motifs is 5. The standard InChI is InChI=1S/C26H38O6.K/c1-15(2)26(22(30)31)14-16-13-17(27)5-9-23(16,3)18-6-10-24(4)19(21(18)26)7-11-25(24,32)12-8-20(28)29;/h13,15,18-19,21,32H,5-12,14H2,1-4H3,(H,28,29)(H,30,31);/q;+1/p-1/t18?,19?,21?,23-,24-,25+,26?;/m0./s1. The smallest absolute Gasteiger partial charge is 0.550 e. The Labute approximate surface area is 239 Å². The van der Waals surface area contributed by atoms with Crippen LogP contribution in [0.4, 0.5) is 0 Å². The maximum absolute atomic E-state index is 12.9. The normalized spacial score (nSPS) is 44.2. The van der Waals surface area contributed by atoms with Crippen molar-refractivity contribution in [1.82, 2.24) is 0 Å². The maximum atomic E-state index is 12.9. The largest absolute Gasteiger partial charge is 1.00 e. The van der Waals surface area contributed by atoms with Crippen molar-refractivity contribution in [3.8, 4) is 0 Å². The van der Waals surface area contributed by atoms with Gasteiger partial charge in [0.25, 0.3) is 0 Å². The van der Waals surface area contributed by atoms with Crippen molar-refractivity contribution in [3.05, 3.63) is 11.6 Å². The van der Waals surface area contributed by atoms with Crippen LogP contribution in [0.5, 0.6) is 0 Å². The third-order valence-electron chi connectivity index (χ3n) is 10.6. The van der Waals surface area contributed by atoms with E-state index in [2.05, 4.69) is 13.8 Å². The monoisotopic (exact) mass is 484 g/mol. The molecular weight excluding hydrogens is 447 g/mol. The molecule has 33 heavy (non-hydrogen) atoms. The molecule has 0 bridgehead atoms. The van der Waals surface area contributed by atoms with E-state index >= 15 is 0 Å². The SMILES string of the molecule is CC(C)C1(C(=O)[O-])CC2=CC(=O)CC[C@]2(C)C2CC[C@@]3(C)C(CC[C@@]3(O)CCC(=O)O)C21.[K+]. The molecule has 178 valence electrons. The summed E-state index contributed by atoms with van der Waals surface area (Å²) in [7, 11) is 0. The van der Waals surface area contributed by atoms with Gasteiger partial charge in [-0.1, -0.05) is 33.3 Å². The van der Waals surface area contributed by atoms with E-state index in [0.29, 0.717) is 25.7 Å². The van der Waals surface area contributed by atoms with Crippen LogP contribution in [0.2, 0.25) is 0 Å². The molecular formula is C26H37KO6. The third kappa shape index (κ3) is 3.88. The molecule has 0 spiro atoms. The van der Waals surface area contributed by atoms with Crippen LogP contribution in [0.1, 0.15) is 85.5 Å². The molecule has 7 heteroatoms. The van der Waals surface area contributed by atoms with Gasteiger partial charge in [0, 0.05) is 24.2 Å². The number of aliphatic carboxylic acids is 2. The topological polar surface area (TPSA) is 115 Å². The van der Waals surface area contributed by atoms with Gasteiger partial charge in [0.05, 0.1) is 5.60 Å². The summed E-state index contributed by atoms with van der Waals surface area (Å²) < 4.78 is 0. The average molecular weight is 485 g/mol. The zero-order valence-corrected chi connectivity index (χ0v) is 23.9. The van der Waals surface area contributed by atoms with Gasteiger partial charge in [-0.25, -0.2) is 0 Å². The van der Waals surface area contributed by atoms with Crippen molar-refractivity contribution < 1.29 is 81.1 Å². The first-order valence-electron chi connectivity index (χ1n) is 12.2. The Balaban J connectivity index is 0.00000306. The molecule has 0 radical (unpaired) electrons. The van der Waals surface area contributed by atoms with Gasteiger partial charge in [-0.05, 0) is 85.5 Å². The van der Waals surface area contributed by atoms with Crippen LogP contribution in [0.3, 0.4) is 0 Å². The molecule has 0 aromatic rings. The van der Waals surface area contributed by atoms with Crippen LogP contribution in [-0.2, 0) is 14.4 Å². The number of aliphatic hydroxyl groups is 1. The minimum Gasteiger partial charge on any atom is -0.550 e. The predicted octanol–water partition coefficient (Wildman–Crippen LogP) is 0.120. The number of carbonyl (C=O) groups excluding carboxylic acids is 2. The summed E-state index contributed by atoms with van der Waals surface area (Å²) in [6, 6.07) is 0. The van der Waals surface area contributed by atoms with Gasteiger partial charge in [-0.2, -0.15) is 0 Å². The van der Waals surface area contributed by atoms with E-state index in [-0.39, 0.29) is 99.1 Å². The quantitative estimate of drug-likeness (QED) is 0.536. The van der Waals surface area contributed by atoms with E-state index in [9.17, 15) is 29.7 Å². The Morgan fingerprint density at radius 1 is 1.15 bits per heavy atom. The third-order valence-corrected chi connectivity index (χ3v) is 10.6. The molecule has 4 aliphatic carbocycles. The van der Waals surface area contributed by atoms with Crippen LogP contribution in [0, 0.1) is 39.9 Å². The van der Waals surface area contributed by atoms with Crippen LogP contribution in [-0.4, -0.2) is 33.5 Å². The molecule has 0 saturated heterocycles. The first kappa shape index (κ1) is 27.5. The fourth-order valence-electron chi connectivity index (χ4n) is 8.53. The van der Waals surface area contributed by atoms with Gasteiger partial charge in [0.1, 0.15) is 0 Å². The summed E-state index contributed by atoms with van der Waals surface area (Å²) in [5.74, 6) is -2.15. The summed E-state index contributed by atoms with van der Waals surface area (Å²) in [6.07, 6.45) is 6.11. The Kier molecular flexibility index (Phi) is 7.60. The molecule has 0 aromatic carbocycles. The molecule has 0 aromatic heterocycles. The van der Waals surface area contributed by atoms with Gasteiger partial charge < -0.3 is 20.1 Å². The zero-order chi connectivity index (χ0) is 23.7. The summed E-state index contributed by atoms with van der Waals surface area (Å²) >= 11 is 0. The van der Waals surface area contributed by atoms with E-state index in [1.807, 2.05) is 13.8 Å². The molecule has 0 amide bonds. The van der Waals surface area contributed by atoms with Gasteiger partial charge in [-0.3, -0.25) is 9.59 Å². The van der Waals surface area contributed by atoms with Crippen LogP contribution in [0.25, 0.3) is 0 Å². The van der Waals surface area contributed by atoms with Crippen molar-refractivity contribution in [2.75, 3.05) is 0 Å². The molecule has 7 atom stereocenters. The molecule has 2 N–H and O–H groups in total. The molecule has 4 aliphatic rings. The van der Waals surface area contributed by atoms with Crippen molar-refractivity contribution in [3.63, 3.8) is 0 Å². The number of carboxylic acids is 2. The van der Waals surface area contributed by atoms with E-state index in [0.717, 1.165) is 24.8 Å². The Morgan fingerprint density at radius 3 is 2.36 bits per heavy atom. The summed E-state index contributed by atoms with van der Waals surface area (Å²) in [6.45, 7) is 8.15. The second kappa shape index (κ2) is 9.11. The zero-order valence-electron chi connectivity index (χ0n) is 20.8. The van der Waals surface area contributed by atoms with Gasteiger partial charge >= 0.3 is 57.4 Å². The molecule has 4 rings (SSSR count). The number of allylic oxidation sites excluding steroid dienone is 1. The molecule has 3 saturated carbocycles. The fraction of sp³-hybridized carbons (Fsp3) is 0.808. The number of carbonyl (C=O) groups is 3. The van der Waals surface area contributed by atoms with Crippen molar-refractivity contribution >= 4 is 17.7 Å². The van der Waals surface area contributed by atoms with Crippen molar-refractivity contribution in [2.24, 2.45) is 39.9 Å². The maximum Gasteiger partial charge on any atom is 1.00 e. The second-order valence-corrected chi connectivity index (χ2v) is 11.9. The second-order valence-electron chi connectivity index (χ2n) is 11.9. The molecule has 3 fully saturated rings. The number of carboxylic acid groups (broad SMARTS) is 2. The van der Waals surface area contributed by atoms with Gasteiger partial charge in [-0.15, -0.1) is 0 Å². The Hall–Kier alpha value is -0.0536. The molecule has 0 aliphatic heterocycles. The van der Waals surface area contributed by atoms with Crippen LogP contribution in [0.15, 0.2) is 11.6 Å². The summed E-state index contributed by atoms with van der Waals surface area (Å²) in [5.41, 5.74) is -1.97. The minimum absolute atomic E-state index is 0. The molecule has 0 heterocycles. The average Bonchev–Trinajstić information content (AvgIpc) is 2.97. The number of hydrogen-bond donors (Lipinski definition) is 2. The number of rotatable bonds is 5. The van der Waals surface area contributed by atoms with E-state index in [4.69, 9.17) is 0 Å². The van der Waals surface area contributed by atoms with Crippen molar-refractivity contribution in [1.29, 1.82) is 0 Å². The summed E-state index contributed by atoms with van der Waals surface area (Å²) in [5, 5.41) is 33.9.